The minimum atomic E-state index is -1.07. The molecule has 1 heterocycles. The molecule has 6 nitrogen and oxygen atoms in total. The van der Waals surface area contributed by atoms with Crippen molar-refractivity contribution in [3.8, 4) is 0 Å². The van der Waals surface area contributed by atoms with Crippen LogP contribution in [0.2, 0.25) is 0 Å². The first kappa shape index (κ1) is 20.2. The van der Waals surface area contributed by atoms with Crippen LogP contribution in [0.15, 0.2) is 18.2 Å². The first-order chi connectivity index (χ1) is 13.2. The van der Waals surface area contributed by atoms with Crippen molar-refractivity contribution < 1.29 is 28.3 Å². The number of carboxylic acids is 1. The van der Waals surface area contributed by atoms with Gasteiger partial charge in [-0.2, -0.15) is 0 Å². The number of hydrogen-bond acceptors (Lipinski definition) is 3. The van der Waals surface area contributed by atoms with Crippen LogP contribution in [0.3, 0.4) is 0 Å². The van der Waals surface area contributed by atoms with Crippen LogP contribution in [-0.2, 0) is 19.8 Å². The number of benzene rings is 1. The Bertz CT molecular complexity index is 794. The zero-order valence-corrected chi connectivity index (χ0v) is 15.8. The van der Waals surface area contributed by atoms with E-state index in [0.29, 0.717) is 32.2 Å². The number of likely N-dealkylation sites (tertiary alicyclic amines) is 1. The number of amides is 2. The number of aliphatic carboxylic acids is 1. The number of carboxylic acid groups (broad SMARTS) is 1. The lowest BCUT2D eigenvalue weighted by Crippen LogP contribution is -2.53. The zero-order chi connectivity index (χ0) is 20.5. The summed E-state index contributed by atoms with van der Waals surface area (Å²) in [6, 6.07) is 3.21. The fraction of sp³-hybridized carbons (Fsp3) is 0.550. The number of carbonyl (C=O) groups is 3. The standard InChI is InChI=1S/C20H24F2N2O4/c1-23(12-17(25)24-9-2-4-13(11-24)18(26)27)19(28)20(7-3-8-20)15-6-5-14(21)10-16(15)22/h5-6,10,13H,2-4,7-9,11-12H2,1H3,(H,26,27). The fourth-order valence-electron chi connectivity index (χ4n) is 4.15. The van der Waals surface area contributed by atoms with Crippen molar-refractivity contribution in [1.82, 2.24) is 9.80 Å². The molecular weight excluding hydrogens is 370 g/mol. The Hall–Kier alpha value is -2.51. The molecule has 0 bridgehead atoms. The van der Waals surface area contributed by atoms with Crippen molar-refractivity contribution >= 4 is 17.8 Å². The molecule has 1 atom stereocenters. The van der Waals surface area contributed by atoms with Gasteiger partial charge in [-0.25, -0.2) is 8.78 Å². The third-order valence-corrected chi connectivity index (χ3v) is 5.91. The minimum Gasteiger partial charge on any atom is -0.481 e. The van der Waals surface area contributed by atoms with E-state index in [1.54, 1.807) is 0 Å². The molecule has 1 aliphatic carbocycles. The Morgan fingerprint density at radius 3 is 2.54 bits per heavy atom. The molecule has 8 heteroatoms. The number of nitrogens with zero attached hydrogens (tertiary/aromatic N) is 2. The molecule has 1 saturated carbocycles. The topological polar surface area (TPSA) is 77.9 Å². The molecule has 0 radical (unpaired) electrons. The highest BCUT2D eigenvalue weighted by atomic mass is 19.1. The van der Waals surface area contributed by atoms with Gasteiger partial charge < -0.3 is 14.9 Å². The van der Waals surface area contributed by atoms with Gasteiger partial charge in [-0.1, -0.05) is 12.5 Å². The van der Waals surface area contributed by atoms with Crippen molar-refractivity contribution in [1.29, 1.82) is 0 Å². The SMILES string of the molecule is CN(CC(=O)N1CCCC(C(=O)O)C1)C(=O)C1(c2ccc(F)cc2F)CCC1. The predicted molar refractivity (Wildman–Crippen MR) is 96.5 cm³/mol. The first-order valence-corrected chi connectivity index (χ1v) is 9.46. The molecule has 152 valence electrons. The fourth-order valence-corrected chi connectivity index (χ4v) is 4.15. The van der Waals surface area contributed by atoms with E-state index in [1.165, 1.54) is 22.9 Å². The van der Waals surface area contributed by atoms with Crippen molar-refractivity contribution in [3.05, 3.63) is 35.4 Å². The van der Waals surface area contributed by atoms with E-state index in [4.69, 9.17) is 5.11 Å². The quantitative estimate of drug-likeness (QED) is 0.830. The van der Waals surface area contributed by atoms with Crippen LogP contribution < -0.4 is 0 Å². The van der Waals surface area contributed by atoms with Gasteiger partial charge >= 0.3 is 5.97 Å². The predicted octanol–water partition coefficient (Wildman–Crippen LogP) is 2.17. The van der Waals surface area contributed by atoms with Crippen LogP contribution >= 0.6 is 0 Å². The second-order valence-electron chi connectivity index (χ2n) is 7.74. The van der Waals surface area contributed by atoms with Gasteiger partial charge in [0.1, 0.15) is 11.6 Å². The lowest BCUT2D eigenvalue weighted by molar-refractivity contribution is -0.149. The van der Waals surface area contributed by atoms with Gasteiger partial charge in [-0.3, -0.25) is 14.4 Å². The molecule has 1 aliphatic heterocycles. The normalized spacial score (nSPS) is 21.0. The van der Waals surface area contributed by atoms with E-state index in [0.717, 1.165) is 18.6 Å². The highest BCUT2D eigenvalue weighted by molar-refractivity contribution is 5.92. The summed E-state index contributed by atoms with van der Waals surface area (Å²) in [5.74, 6) is -3.68. The molecule has 1 unspecified atom stereocenters. The summed E-state index contributed by atoms with van der Waals surface area (Å²) >= 11 is 0. The van der Waals surface area contributed by atoms with Gasteiger partial charge in [0.15, 0.2) is 0 Å². The Morgan fingerprint density at radius 2 is 1.96 bits per heavy atom. The van der Waals surface area contributed by atoms with Crippen LogP contribution in [0.1, 0.15) is 37.7 Å². The summed E-state index contributed by atoms with van der Waals surface area (Å²) in [7, 11) is 1.49. The van der Waals surface area contributed by atoms with Gasteiger partial charge in [0.2, 0.25) is 11.8 Å². The number of likely N-dealkylation sites (N-methyl/N-ethyl adjacent to an activating group) is 1. The van der Waals surface area contributed by atoms with Crippen molar-refractivity contribution in [3.63, 3.8) is 0 Å². The number of carbonyl (C=O) groups excluding carboxylic acids is 2. The van der Waals surface area contributed by atoms with Crippen molar-refractivity contribution in [2.24, 2.45) is 5.92 Å². The number of rotatable bonds is 5. The lowest BCUT2D eigenvalue weighted by Gasteiger charge is -2.43. The lowest BCUT2D eigenvalue weighted by atomic mass is 9.63. The smallest absolute Gasteiger partial charge is 0.308 e. The molecule has 1 saturated heterocycles. The van der Waals surface area contributed by atoms with E-state index in [-0.39, 0.29) is 30.5 Å². The van der Waals surface area contributed by atoms with Crippen LogP contribution in [0.5, 0.6) is 0 Å². The highest BCUT2D eigenvalue weighted by Gasteiger charge is 2.49. The summed E-state index contributed by atoms with van der Waals surface area (Å²) in [5.41, 5.74) is -0.911. The van der Waals surface area contributed by atoms with Crippen molar-refractivity contribution in [2.75, 3.05) is 26.7 Å². The summed E-state index contributed by atoms with van der Waals surface area (Å²) < 4.78 is 27.6. The van der Waals surface area contributed by atoms with Gasteiger partial charge in [0, 0.05) is 31.8 Å². The Labute approximate surface area is 162 Å². The molecular formula is C20H24F2N2O4. The largest absolute Gasteiger partial charge is 0.481 e. The van der Waals surface area contributed by atoms with E-state index < -0.39 is 28.9 Å². The maximum Gasteiger partial charge on any atom is 0.308 e. The van der Waals surface area contributed by atoms with Crippen LogP contribution in [0.25, 0.3) is 0 Å². The molecule has 0 aromatic heterocycles. The van der Waals surface area contributed by atoms with Gasteiger partial charge in [0.25, 0.3) is 0 Å². The molecule has 2 aliphatic rings. The summed E-state index contributed by atoms with van der Waals surface area (Å²) in [6.45, 7) is 0.395. The molecule has 3 rings (SSSR count). The molecule has 1 aromatic rings. The van der Waals surface area contributed by atoms with Crippen LogP contribution in [0.4, 0.5) is 8.78 Å². The van der Waals surface area contributed by atoms with E-state index in [2.05, 4.69) is 0 Å². The Morgan fingerprint density at radius 1 is 1.25 bits per heavy atom. The Balaban J connectivity index is 1.71. The van der Waals surface area contributed by atoms with Crippen LogP contribution in [-0.4, -0.2) is 59.4 Å². The van der Waals surface area contributed by atoms with Crippen LogP contribution in [0, 0.1) is 17.6 Å². The average Bonchev–Trinajstić information content (AvgIpc) is 2.62. The molecule has 0 spiro atoms. The van der Waals surface area contributed by atoms with Gasteiger partial charge in [0.05, 0.1) is 17.9 Å². The highest BCUT2D eigenvalue weighted by Crippen LogP contribution is 2.46. The summed E-state index contributed by atoms with van der Waals surface area (Å²) in [5, 5.41) is 9.16. The number of hydrogen-bond donors (Lipinski definition) is 1. The first-order valence-electron chi connectivity index (χ1n) is 9.46. The maximum absolute atomic E-state index is 14.3. The molecule has 28 heavy (non-hydrogen) atoms. The molecule has 1 N–H and O–H groups in total. The number of halogens is 2. The zero-order valence-electron chi connectivity index (χ0n) is 15.8. The third kappa shape index (κ3) is 3.72. The minimum absolute atomic E-state index is 0.133. The summed E-state index contributed by atoms with van der Waals surface area (Å²) in [6.07, 6.45) is 2.76. The second kappa shape index (κ2) is 7.85. The van der Waals surface area contributed by atoms with Gasteiger partial charge in [-0.15, -0.1) is 0 Å². The molecule has 1 aromatic carbocycles. The van der Waals surface area contributed by atoms with E-state index in [1.807, 2.05) is 0 Å². The maximum atomic E-state index is 14.3. The molecule has 2 fully saturated rings. The summed E-state index contributed by atoms with van der Waals surface area (Å²) in [4.78, 5) is 39.6. The Kier molecular flexibility index (Phi) is 5.67. The van der Waals surface area contributed by atoms with Gasteiger partial charge in [-0.05, 0) is 31.7 Å². The average molecular weight is 394 g/mol. The van der Waals surface area contributed by atoms with Crippen molar-refractivity contribution in [2.45, 2.75) is 37.5 Å². The molecule has 2 amide bonds. The van der Waals surface area contributed by atoms with E-state index in [9.17, 15) is 23.2 Å². The number of piperidine rings is 1. The monoisotopic (exact) mass is 394 g/mol. The third-order valence-electron chi connectivity index (χ3n) is 5.91. The van der Waals surface area contributed by atoms with E-state index >= 15 is 0 Å². The second-order valence-corrected chi connectivity index (χ2v) is 7.74.